The number of nitrogens with zero attached hydrogens (tertiary/aromatic N) is 1. The van der Waals surface area contributed by atoms with Gasteiger partial charge in [-0.05, 0) is 59.2 Å². The quantitative estimate of drug-likeness (QED) is 0.192. The Hall–Kier alpha value is -4.42. The molecule has 0 saturated carbocycles. The average Bonchev–Trinajstić information content (AvgIpc) is 3.32. The van der Waals surface area contributed by atoms with Gasteiger partial charge in [-0.25, -0.2) is 4.39 Å². The predicted molar refractivity (Wildman–Crippen MR) is 152 cm³/mol. The molecule has 0 fully saturated rings. The first-order chi connectivity index (χ1) is 19.1. The molecule has 0 aliphatic carbocycles. The van der Waals surface area contributed by atoms with Gasteiger partial charge in [-0.2, -0.15) is 0 Å². The van der Waals surface area contributed by atoms with E-state index in [4.69, 9.17) is 9.47 Å². The molecule has 39 heavy (non-hydrogen) atoms. The minimum absolute atomic E-state index is 0.0539. The van der Waals surface area contributed by atoms with Crippen molar-refractivity contribution in [3.63, 3.8) is 0 Å². The lowest BCUT2D eigenvalue weighted by molar-refractivity contribution is -0.121. The molecule has 1 amide bonds. The number of hydrogen-bond acceptors (Lipinski definition) is 3. The van der Waals surface area contributed by atoms with Crippen molar-refractivity contribution in [3.8, 4) is 11.5 Å². The largest absolute Gasteiger partial charge is 0.457 e. The van der Waals surface area contributed by atoms with E-state index >= 15 is 0 Å². The summed E-state index contributed by atoms with van der Waals surface area (Å²) >= 11 is 0. The summed E-state index contributed by atoms with van der Waals surface area (Å²) in [5.41, 5.74) is 4.08. The molecule has 1 N–H and O–H groups in total. The number of fused-ring (bicyclic) bond motifs is 1. The molecule has 1 heterocycles. The zero-order valence-electron chi connectivity index (χ0n) is 21.8. The number of amides is 1. The fraction of sp³-hybridized carbons (Fsp3) is 0.182. The summed E-state index contributed by atoms with van der Waals surface area (Å²) < 4.78 is 26.9. The lowest BCUT2D eigenvalue weighted by Gasteiger charge is -2.18. The van der Waals surface area contributed by atoms with Crippen LogP contribution in [0, 0.1) is 5.82 Å². The van der Waals surface area contributed by atoms with Crippen molar-refractivity contribution in [2.45, 2.75) is 18.9 Å². The van der Waals surface area contributed by atoms with Crippen LogP contribution < -0.4 is 10.1 Å². The molecular formula is C33H31FN2O3. The predicted octanol–water partition coefficient (Wildman–Crippen LogP) is 6.91. The number of para-hydroxylation sites is 2. The van der Waals surface area contributed by atoms with Crippen LogP contribution in [0.5, 0.6) is 11.5 Å². The SMILES string of the molecule is COCCNC(=O)CC(c1cccc(Oc2ccccc2)c1)c1cn(Cc2ccc(F)cc2)c2ccccc12. The van der Waals surface area contributed by atoms with Crippen LogP contribution in [-0.4, -0.2) is 30.7 Å². The van der Waals surface area contributed by atoms with Gasteiger partial charge in [-0.3, -0.25) is 4.79 Å². The van der Waals surface area contributed by atoms with E-state index in [0.717, 1.165) is 33.3 Å². The molecule has 1 aromatic heterocycles. The highest BCUT2D eigenvalue weighted by molar-refractivity contribution is 5.87. The average molecular weight is 523 g/mol. The Kier molecular flexibility index (Phi) is 8.34. The Labute approximate surface area is 227 Å². The molecule has 0 radical (unpaired) electrons. The topological polar surface area (TPSA) is 52.5 Å². The highest BCUT2D eigenvalue weighted by atomic mass is 19.1. The van der Waals surface area contributed by atoms with E-state index in [9.17, 15) is 9.18 Å². The lowest BCUT2D eigenvalue weighted by atomic mass is 9.88. The number of hydrogen-bond donors (Lipinski definition) is 1. The Morgan fingerprint density at radius 1 is 0.897 bits per heavy atom. The zero-order valence-corrected chi connectivity index (χ0v) is 21.8. The van der Waals surface area contributed by atoms with Gasteiger partial charge in [0.1, 0.15) is 17.3 Å². The zero-order chi connectivity index (χ0) is 27.0. The molecule has 5 rings (SSSR count). The van der Waals surface area contributed by atoms with Gasteiger partial charge in [-0.15, -0.1) is 0 Å². The maximum absolute atomic E-state index is 13.5. The van der Waals surface area contributed by atoms with E-state index in [1.807, 2.05) is 66.7 Å². The van der Waals surface area contributed by atoms with Gasteiger partial charge in [-0.1, -0.05) is 60.7 Å². The second-order valence-corrected chi connectivity index (χ2v) is 9.44. The van der Waals surface area contributed by atoms with Crippen molar-refractivity contribution in [2.75, 3.05) is 20.3 Å². The van der Waals surface area contributed by atoms with Gasteiger partial charge in [0.2, 0.25) is 5.91 Å². The molecule has 6 heteroatoms. The van der Waals surface area contributed by atoms with Gasteiger partial charge in [0.05, 0.1) is 6.61 Å². The van der Waals surface area contributed by atoms with Crippen molar-refractivity contribution in [1.29, 1.82) is 0 Å². The summed E-state index contributed by atoms with van der Waals surface area (Å²) in [7, 11) is 1.61. The maximum atomic E-state index is 13.5. The molecule has 4 aromatic carbocycles. The second-order valence-electron chi connectivity index (χ2n) is 9.44. The second kappa shape index (κ2) is 12.4. The molecule has 0 spiro atoms. The first kappa shape index (κ1) is 26.2. The third-order valence-corrected chi connectivity index (χ3v) is 6.72. The van der Waals surface area contributed by atoms with Crippen LogP contribution in [0.1, 0.15) is 29.0 Å². The summed E-state index contributed by atoms with van der Waals surface area (Å²) in [4.78, 5) is 13.1. The molecule has 198 valence electrons. The van der Waals surface area contributed by atoms with Crippen molar-refractivity contribution in [2.24, 2.45) is 0 Å². The Morgan fingerprint density at radius 2 is 1.64 bits per heavy atom. The van der Waals surface area contributed by atoms with Crippen LogP contribution in [0.3, 0.4) is 0 Å². The minimum Gasteiger partial charge on any atom is -0.457 e. The van der Waals surface area contributed by atoms with Crippen molar-refractivity contribution < 1.29 is 18.7 Å². The fourth-order valence-corrected chi connectivity index (χ4v) is 4.85. The highest BCUT2D eigenvalue weighted by Gasteiger charge is 2.23. The molecule has 5 aromatic rings. The van der Waals surface area contributed by atoms with Gasteiger partial charge >= 0.3 is 0 Å². The number of aromatic nitrogens is 1. The molecule has 0 saturated heterocycles. The van der Waals surface area contributed by atoms with E-state index < -0.39 is 0 Å². The summed E-state index contributed by atoms with van der Waals surface area (Å²) in [5.74, 6) is 0.930. The molecule has 5 nitrogen and oxygen atoms in total. The van der Waals surface area contributed by atoms with Crippen molar-refractivity contribution >= 4 is 16.8 Å². The van der Waals surface area contributed by atoms with Gasteiger partial charge in [0.25, 0.3) is 0 Å². The standard InChI is InChI=1S/C33H31FN2O3/c1-38-19-18-35-33(37)21-30(25-8-7-11-28(20-25)39-27-9-3-2-4-10-27)31-23-36(32-13-6-5-12-29(31)32)22-24-14-16-26(34)17-15-24/h2-17,20,23,30H,18-19,21-22H2,1H3,(H,35,37). The molecule has 1 atom stereocenters. The van der Waals surface area contributed by atoms with Gasteiger partial charge in [0.15, 0.2) is 0 Å². The number of halogens is 1. The first-order valence-electron chi connectivity index (χ1n) is 13.0. The first-order valence-corrected chi connectivity index (χ1v) is 13.0. The third-order valence-electron chi connectivity index (χ3n) is 6.72. The monoisotopic (exact) mass is 522 g/mol. The maximum Gasteiger partial charge on any atom is 0.221 e. The smallest absolute Gasteiger partial charge is 0.221 e. The van der Waals surface area contributed by atoms with E-state index in [0.29, 0.717) is 25.4 Å². The fourth-order valence-electron chi connectivity index (χ4n) is 4.85. The number of ether oxygens (including phenoxy) is 2. The van der Waals surface area contributed by atoms with Crippen LogP contribution in [0.4, 0.5) is 4.39 Å². The molecular weight excluding hydrogens is 491 g/mol. The number of nitrogens with one attached hydrogen (secondary N) is 1. The molecule has 0 bridgehead atoms. The number of carbonyl (C=O) groups excluding carboxylic acids is 1. The van der Waals surface area contributed by atoms with Gasteiger partial charge in [0, 0.05) is 49.6 Å². The molecule has 1 unspecified atom stereocenters. The summed E-state index contributed by atoms with van der Waals surface area (Å²) in [5, 5.41) is 4.04. The van der Waals surface area contributed by atoms with E-state index in [-0.39, 0.29) is 24.1 Å². The molecule has 0 aliphatic rings. The van der Waals surface area contributed by atoms with Crippen LogP contribution >= 0.6 is 0 Å². The Morgan fingerprint density at radius 3 is 2.44 bits per heavy atom. The van der Waals surface area contributed by atoms with Crippen LogP contribution in [0.25, 0.3) is 10.9 Å². The summed E-state index contributed by atoms with van der Waals surface area (Å²) in [6.45, 7) is 1.49. The van der Waals surface area contributed by atoms with Gasteiger partial charge < -0.3 is 19.4 Å². The number of carbonyl (C=O) groups is 1. The minimum atomic E-state index is -0.256. The van der Waals surface area contributed by atoms with Crippen LogP contribution in [0.2, 0.25) is 0 Å². The van der Waals surface area contributed by atoms with Crippen LogP contribution in [-0.2, 0) is 16.1 Å². The summed E-state index contributed by atoms with van der Waals surface area (Å²) in [6, 6.07) is 32.3. The van der Waals surface area contributed by atoms with Crippen molar-refractivity contribution in [1.82, 2.24) is 9.88 Å². The van der Waals surface area contributed by atoms with E-state index in [1.165, 1.54) is 12.1 Å². The lowest BCUT2D eigenvalue weighted by Crippen LogP contribution is -2.28. The summed E-state index contributed by atoms with van der Waals surface area (Å²) in [6.07, 6.45) is 2.38. The van der Waals surface area contributed by atoms with E-state index in [2.05, 4.69) is 28.2 Å². The Balaban J connectivity index is 1.53. The number of benzene rings is 4. The van der Waals surface area contributed by atoms with E-state index in [1.54, 1.807) is 19.2 Å². The highest BCUT2D eigenvalue weighted by Crippen LogP contribution is 2.37. The van der Waals surface area contributed by atoms with Crippen LogP contribution in [0.15, 0.2) is 109 Å². The normalized spacial score (nSPS) is 11.8. The molecule has 0 aliphatic heterocycles. The third kappa shape index (κ3) is 6.54. The number of rotatable bonds is 11. The number of methoxy groups -OCH3 is 1. The Bertz CT molecular complexity index is 1530. The van der Waals surface area contributed by atoms with Crippen molar-refractivity contribution in [3.05, 3.63) is 132 Å².